The Morgan fingerprint density at radius 2 is 1.83 bits per heavy atom. The fourth-order valence-electron chi connectivity index (χ4n) is 4.40. The molecule has 3 aromatic rings. The molecule has 2 aromatic carbocycles. The smallest absolute Gasteiger partial charge is 0.398 e. The van der Waals surface area contributed by atoms with Gasteiger partial charge >= 0.3 is 6.18 Å². The quantitative estimate of drug-likeness (QED) is 0.234. The Kier molecular flexibility index (Phi) is 9.13. The number of carbonyl (C=O) groups is 1. The van der Waals surface area contributed by atoms with Crippen molar-refractivity contribution in [3.63, 3.8) is 0 Å². The van der Waals surface area contributed by atoms with E-state index in [9.17, 15) is 22.4 Å². The number of carbonyl (C=O) groups excluding carboxylic acids is 1. The molecule has 1 aliphatic rings. The summed E-state index contributed by atoms with van der Waals surface area (Å²) in [6.07, 6.45) is -2.77. The van der Waals surface area contributed by atoms with Gasteiger partial charge in [-0.05, 0) is 87.3 Å². The maximum absolute atomic E-state index is 14.5. The molecule has 1 unspecified atom stereocenters. The number of hydrogen-bond donors (Lipinski definition) is 2. The van der Waals surface area contributed by atoms with Crippen LogP contribution in [-0.4, -0.2) is 43.4 Å². The highest BCUT2D eigenvalue weighted by Crippen LogP contribution is 2.38. The molecule has 0 saturated heterocycles. The first-order chi connectivity index (χ1) is 19.3. The standard InChI is InChI=1S/C30H32ClF4N3O3/c1-5-37-29(2,3)19-14-24(17-6-10-23(32)22(31)12-17)38-25(15-19)21(30(33,34)35)16-36-28(39)18-7-11-26(27(13-18)40-4)41-20-8-9-20/h6-7,10-15,20-21,37H,5,8-9,16H2,1-4H3,(H,36,39). The summed E-state index contributed by atoms with van der Waals surface area (Å²) in [6.45, 7) is 5.37. The van der Waals surface area contributed by atoms with Gasteiger partial charge in [-0.1, -0.05) is 18.5 Å². The van der Waals surface area contributed by atoms with Crippen LogP contribution in [0, 0.1) is 5.82 Å². The van der Waals surface area contributed by atoms with E-state index in [2.05, 4.69) is 15.6 Å². The second-order valence-corrected chi connectivity index (χ2v) is 10.8. The Hall–Kier alpha value is -3.37. The van der Waals surface area contributed by atoms with E-state index in [4.69, 9.17) is 21.1 Å². The van der Waals surface area contributed by atoms with Crippen LogP contribution in [0.4, 0.5) is 17.6 Å². The van der Waals surface area contributed by atoms with Gasteiger partial charge in [-0.3, -0.25) is 9.78 Å². The van der Waals surface area contributed by atoms with Crippen molar-refractivity contribution in [1.29, 1.82) is 0 Å². The molecule has 1 heterocycles. The van der Waals surface area contributed by atoms with Crippen LogP contribution in [0.3, 0.4) is 0 Å². The summed E-state index contributed by atoms with van der Waals surface area (Å²) in [7, 11) is 1.43. The summed E-state index contributed by atoms with van der Waals surface area (Å²) in [5.41, 5.74) is 0.214. The predicted molar refractivity (Wildman–Crippen MR) is 149 cm³/mol. The molecule has 1 aliphatic carbocycles. The highest BCUT2D eigenvalue weighted by molar-refractivity contribution is 6.31. The first-order valence-electron chi connectivity index (χ1n) is 13.2. The lowest BCUT2D eigenvalue weighted by Gasteiger charge is -2.29. The molecule has 220 valence electrons. The molecule has 41 heavy (non-hydrogen) atoms. The van der Waals surface area contributed by atoms with E-state index in [-0.39, 0.29) is 28.1 Å². The first kappa shape index (κ1) is 30.6. The second-order valence-electron chi connectivity index (χ2n) is 10.4. The van der Waals surface area contributed by atoms with Crippen molar-refractivity contribution in [2.75, 3.05) is 20.2 Å². The number of methoxy groups -OCH3 is 1. The summed E-state index contributed by atoms with van der Waals surface area (Å²) in [5.74, 6) is -2.69. The molecule has 11 heteroatoms. The number of nitrogens with one attached hydrogen (secondary N) is 2. The number of ether oxygens (including phenoxy) is 2. The van der Waals surface area contributed by atoms with Gasteiger partial charge in [-0.15, -0.1) is 0 Å². The van der Waals surface area contributed by atoms with E-state index in [1.807, 2.05) is 20.8 Å². The maximum atomic E-state index is 14.5. The lowest BCUT2D eigenvalue weighted by molar-refractivity contribution is -0.149. The molecule has 1 fully saturated rings. The summed E-state index contributed by atoms with van der Waals surface area (Å²) < 4.78 is 68.3. The van der Waals surface area contributed by atoms with Crippen LogP contribution >= 0.6 is 11.6 Å². The number of pyridine rings is 1. The molecule has 0 spiro atoms. The van der Waals surface area contributed by atoms with Crippen molar-refractivity contribution in [1.82, 2.24) is 15.6 Å². The van der Waals surface area contributed by atoms with Crippen LogP contribution in [0.1, 0.15) is 61.1 Å². The van der Waals surface area contributed by atoms with Crippen LogP contribution in [0.15, 0.2) is 48.5 Å². The number of halogens is 5. The van der Waals surface area contributed by atoms with E-state index in [0.29, 0.717) is 29.2 Å². The third-order valence-corrected chi connectivity index (χ3v) is 7.15. The minimum Gasteiger partial charge on any atom is -0.493 e. The van der Waals surface area contributed by atoms with Gasteiger partial charge in [0.05, 0.1) is 29.6 Å². The van der Waals surface area contributed by atoms with Gasteiger partial charge in [-0.25, -0.2) is 4.39 Å². The van der Waals surface area contributed by atoms with Gasteiger partial charge in [0.25, 0.3) is 5.91 Å². The number of nitrogens with zero attached hydrogens (tertiary/aromatic N) is 1. The van der Waals surface area contributed by atoms with E-state index >= 15 is 0 Å². The van der Waals surface area contributed by atoms with Gasteiger partial charge in [0, 0.05) is 23.2 Å². The molecule has 1 aromatic heterocycles. The van der Waals surface area contributed by atoms with Gasteiger partial charge in [0.15, 0.2) is 11.5 Å². The average Bonchev–Trinajstić information content (AvgIpc) is 3.73. The van der Waals surface area contributed by atoms with Crippen LogP contribution in [0.25, 0.3) is 11.3 Å². The molecule has 4 rings (SSSR count). The topological polar surface area (TPSA) is 72.5 Å². The highest BCUT2D eigenvalue weighted by Gasteiger charge is 2.42. The van der Waals surface area contributed by atoms with Gasteiger partial charge < -0.3 is 20.1 Å². The number of amides is 1. The Morgan fingerprint density at radius 1 is 1.10 bits per heavy atom. The average molecular weight is 594 g/mol. The lowest BCUT2D eigenvalue weighted by Crippen LogP contribution is -2.38. The Morgan fingerprint density at radius 3 is 2.44 bits per heavy atom. The van der Waals surface area contributed by atoms with Crippen molar-refractivity contribution < 1.29 is 31.8 Å². The Labute approximate surface area is 241 Å². The van der Waals surface area contributed by atoms with E-state index in [1.54, 1.807) is 12.1 Å². The molecule has 1 amide bonds. The molecule has 1 saturated carbocycles. The van der Waals surface area contributed by atoms with Crippen LogP contribution in [0.5, 0.6) is 11.5 Å². The summed E-state index contributed by atoms with van der Waals surface area (Å²) >= 11 is 5.96. The van der Waals surface area contributed by atoms with Gasteiger partial charge in [-0.2, -0.15) is 13.2 Å². The predicted octanol–water partition coefficient (Wildman–Crippen LogP) is 7.01. The zero-order chi connectivity index (χ0) is 29.9. The van der Waals surface area contributed by atoms with Gasteiger partial charge in [0.1, 0.15) is 11.7 Å². The SMILES string of the molecule is CCNC(C)(C)c1cc(-c2ccc(F)c(Cl)c2)nc(C(CNC(=O)c2ccc(OC3CC3)c(OC)c2)C(F)(F)F)c1. The van der Waals surface area contributed by atoms with Gasteiger partial charge in [0.2, 0.25) is 0 Å². The third kappa shape index (κ3) is 7.48. The molecule has 1 atom stereocenters. The minimum absolute atomic E-state index is 0.104. The van der Waals surface area contributed by atoms with Crippen molar-refractivity contribution in [2.45, 2.75) is 57.3 Å². The Bertz CT molecular complexity index is 1410. The second kappa shape index (κ2) is 12.2. The van der Waals surface area contributed by atoms with Crippen LogP contribution < -0.4 is 20.1 Å². The number of benzene rings is 2. The van der Waals surface area contributed by atoms with Crippen molar-refractivity contribution in [2.24, 2.45) is 0 Å². The molecular formula is C30H32ClF4N3O3. The largest absolute Gasteiger partial charge is 0.493 e. The summed E-state index contributed by atoms with van der Waals surface area (Å²) in [6, 6.07) is 11.4. The molecular weight excluding hydrogens is 562 g/mol. The van der Waals surface area contributed by atoms with Crippen molar-refractivity contribution in [3.05, 3.63) is 76.2 Å². The molecule has 0 aliphatic heterocycles. The third-order valence-electron chi connectivity index (χ3n) is 6.86. The van der Waals surface area contributed by atoms with Crippen molar-refractivity contribution in [3.8, 4) is 22.8 Å². The normalized spacial score (nSPS) is 14.5. The molecule has 0 radical (unpaired) electrons. The highest BCUT2D eigenvalue weighted by atomic mass is 35.5. The first-order valence-corrected chi connectivity index (χ1v) is 13.6. The minimum atomic E-state index is -4.74. The summed E-state index contributed by atoms with van der Waals surface area (Å²) in [4.78, 5) is 17.3. The number of aromatic nitrogens is 1. The fraction of sp³-hybridized carbons (Fsp3) is 0.400. The number of hydrogen-bond acceptors (Lipinski definition) is 5. The van der Waals surface area contributed by atoms with Crippen LogP contribution in [0.2, 0.25) is 5.02 Å². The molecule has 6 nitrogen and oxygen atoms in total. The Balaban J connectivity index is 1.66. The van der Waals surface area contributed by atoms with E-state index in [0.717, 1.165) is 18.9 Å². The molecule has 0 bridgehead atoms. The van der Waals surface area contributed by atoms with Crippen molar-refractivity contribution >= 4 is 17.5 Å². The lowest BCUT2D eigenvalue weighted by atomic mass is 9.90. The zero-order valence-electron chi connectivity index (χ0n) is 23.2. The zero-order valence-corrected chi connectivity index (χ0v) is 23.9. The number of rotatable bonds is 11. The monoisotopic (exact) mass is 593 g/mol. The van der Waals surface area contributed by atoms with E-state index < -0.39 is 35.9 Å². The molecule has 2 N–H and O–H groups in total. The fourth-order valence-corrected chi connectivity index (χ4v) is 4.58. The maximum Gasteiger partial charge on any atom is 0.398 e. The summed E-state index contributed by atoms with van der Waals surface area (Å²) in [5, 5.41) is 5.49. The van der Waals surface area contributed by atoms with Crippen LogP contribution in [-0.2, 0) is 5.54 Å². The number of alkyl halides is 3. The van der Waals surface area contributed by atoms with E-state index in [1.165, 1.54) is 37.4 Å².